The Labute approximate surface area is 129 Å². The third kappa shape index (κ3) is 2.93. The molecule has 1 unspecified atom stereocenters. The highest BCUT2D eigenvalue weighted by atomic mass is 32.1. The summed E-state index contributed by atoms with van der Waals surface area (Å²) < 4.78 is 0. The van der Waals surface area contributed by atoms with E-state index in [-0.39, 0.29) is 5.92 Å². The number of nitrogens with zero attached hydrogens (tertiary/aromatic N) is 2. The molecule has 1 N–H and O–H groups in total. The monoisotopic (exact) mass is 306 g/mol. The molecule has 0 bridgehead atoms. The van der Waals surface area contributed by atoms with Gasteiger partial charge in [0, 0.05) is 18.0 Å². The summed E-state index contributed by atoms with van der Waals surface area (Å²) in [7, 11) is 0. The van der Waals surface area contributed by atoms with Gasteiger partial charge in [-0.25, -0.2) is 4.98 Å². The van der Waals surface area contributed by atoms with Crippen LogP contribution in [0.25, 0.3) is 0 Å². The van der Waals surface area contributed by atoms with Crippen LogP contribution in [0.2, 0.25) is 0 Å². The van der Waals surface area contributed by atoms with Gasteiger partial charge in [-0.3, -0.25) is 4.79 Å². The van der Waals surface area contributed by atoms with Crippen LogP contribution >= 0.6 is 11.3 Å². The zero-order valence-corrected chi connectivity index (χ0v) is 13.1. The summed E-state index contributed by atoms with van der Waals surface area (Å²) in [5.41, 5.74) is 0.866. The van der Waals surface area contributed by atoms with Crippen molar-refractivity contribution in [2.75, 3.05) is 18.0 Å². The summed E-state index contributed by atoms with van der Waals surface area (Å²) >= 11 is 1.76. The zero-order valence-electron chi connectivity index (χ0n) is 12.3. The first-order chi connectivity index (χ1) is 10.2. The van der Waals surface area contributed by atoms with Gasteiger partial charge in [-0.15, -0.1) is 11.3 Å². The molecule has 21 heavy (non-hydrogen) atoms. The molecule has 0 saturated heterocycles. The summed E-state index contributed by atoms with van der Waals surface area (Å²) in [6, 6.07) is 0. The van der Waals surface area contributed by atoms with Gasteiger partial charge in [0.1, 0.15) is 5.92 Å². The van der Waals surface area contributed by atoms with E-state index in [2.05, 4.69) is 4.90 Å². The van der Waals surface area contributed by atoms with E-state index in [0.29, 0.717) is 0 Å². The second-order valence-corrected chi connectivity index (χ2v) is 7.94. The Morgan fingerprint density at radius 2 is 1.86 bits per heavy atom. The average molecular weight is 306 g/mol. The van der Waals surface area contributed by atoms with E-state index in [1.165, 1.54) is 30.6 Å². The van der Waals surface area contributed by atoms with Crippen LogP contribution in [-0.2, 0) is 11.2 Å². The molecule has 3 aliphatic carbocycles. The average Bonchev–Trinajstić information content (AvgIpc) is 3.38. The van der Waals surface area contributed by atoms with Crippen molar-refractivity contribution in [3.8, 4) is 0 Å². The maximum atomic E-state index is 11.4. The third-order valence-corrected chi connectivity index (χ3v) is 6.05. The minimum absolute atomic E-state index is 0.373. The minimum Gasteiger partial charge on any atom is -0.481 e. The van der Waals surface area contributed by atoms with Crippen LogP contribution in [0.3, 0.4) is 0 Å². The van der Waals surface area contributed by atoms with Gasteiger partial charge in [0.2, 0.25) is 0 Å². The highest BCUT2D eigenvalue weighted by Crippen LogP contribution is 2.41. The van der Waals surface area contributed by atoms with Crippen LogP contribution in [0, 0.1) is 11.8 Å². The first-order valence-corrected chi connectivity index (χ1v) is 8.99. The van der Waals surface area contributed by atoms with Crippen molar-refractivity contribution >= 4 is 22.4 Å². The predicted molar refractivity (Wildman–Crippen MR) is 83.1 cm³/mol. The fraction of sp³-hybridized carbons (Fsp3) is 0.750. The fourth-order valence-electron chi connectivity index (χ4n) is 3.24. The van der Waals surface area contributed by atoms with E-state index in [1.54, 1.807) is 11.3 Å². The van der Waals surface area contributed by atoms with Gasteiger partial charge < -0.3 is 10.0 Å². The van der Waals surface area contributed by atoms with Crippen LogP contribution in [0.15, 0.2) is 0 Å². The number of rotatable bonds is 6. The molecule has 2 fully saturated rings. The number of aromatic nitrogens is 1. The highest BCUT2D eigenvalue weighted by molar-refractivity contribution is 7.15. The van der Waals surface area contributed by atoms with Crippen molar-refractivity contribution in [1.29, 1.82) is 0 Å². The van der Waals surface area contributed by atoms with Gasteiger partial charge in [-0.2, -0.15) is 0 Å². The van der Waals surface area contributed by atoms with E-state index in [9.17, 15) is 9.90 Å². The molecule has 0 radical (unpaired) electrons. The largest absolute Gasteiger partial charge is 0.481 e. The lowest BCUT2D eigenvalue weighted by molar-refractivity contribution is -0.139. The number of fused-ring (bicyclic) bond motifs is 1. The van der Waals surface area contributed by atoms with Gasteiger partial charge in [0.25, 0.3) is 0 Å². The van der Waals surface area contributed by atoms with Crippen molar-refractivity contribution in [2.45, 2.75) is 50.9 Å². The second kappa shape index (κ2) is 5.27. The normalized spacial score (nSPS) is 24.7. The topological polar surface area (TPSA) is 53.4 Å². The molecule has 5 heteroatoms. The number of hydrogen-bond acceptors (Lipinski definition) is 4. The van der Waals surface area contributed by atoms with E-state index in [1.807, 2.05) is 0 Å². The van der Waals surface area contributed by atoms with E-state index < -0.39 is 5.97 Å². The van der Waals surface area contributed by atoms with Gasteiger partial charge >= 0.3 is 5.97 Å². The van der Waals surface area contributed by atoms with Crippen LogP contribution in [0.1, 0.15) is 55.0 Å². The summed E-state index contributed by atoms with van der Waals surface area (Å²) in [5.74, 6) is 0.617. The molecule has 2 saturated carbocycles. The zero-order chi connectivity index (χ0) is 14.4. The van der Waals surface area contributed by atoms with E-state index in [4.69, 9.17) is 4.98 Å². The second-order valence-electron chi connectivity index (χ2n) is 6.88. The van der Waals surface area contributed by atoms with Gasteiger partial charge in [-0.05, 0) is 56.8 Å². The van der Waals surface area contributed by atoms with Crippen LogP contribution < -0.4 is 4.90 Å². The molecule has 1 aromatic rings. The lowest BCUT2D eigenvalue weighted by Gasteiger charge is -2.21. The number of anilines is 1. The van der Waals surface area contributed by atoms with Crippen molar-refractivity contribution in [3.05, 3.63) is 10.6 Å². The Morgan fingerprint density at radius 1 is 1.19 bits per heavy atom. The standard InChI is InChI=1S/C16H22N2O2S/c19-15(20)12-2-1-3-13-14(12)17-16(21-13)18(8-10-4-5-10)9-11-6-7-11/h10-12H,1-9H2,(H,19,20). The highest BCUT2D eigenvalue weighted by Gasteiger charge is 2.34. The molecule has 0 spiro atoms. The van der Waals surface area contributed by atoms with Crippen LogP contribution in [0.5, 0.6) is 0 Å². The van der Waals surface area contributed by atoms with Crippen LogP contribution in [-0.4, -0.2) is 29.1 Å². The maximum absolute atomic E-state index is 11.4. The predicted octanol–water partition coefficient (Wildman–Crippen LogP) is 3.27. The number of aliphatic carboxylic acids is 1. The summed E-state index contributed by atoms with van der Waals surface area (Å²) in [5, 5.41) is 10.5. The molecule has 114 valence electrons. The molecular formula is C16H22N2O2S. The van der Waals surface area contributed by atoms with Gasteiger partial charge in [-0.1, -0.05) is 0 Å². The Morgan fingerprint density at radius 3 is 2.43 bits per heavy atom. The van der Waals surface area contributed by atoms with Crippen LogP contribution in [0.4, 0.5) is 5.13 Å². The molecule has 0 aliphatic heterocycles. The Hall–Kier alpha value is -1.10. The van der Waals surface area contributed by atoms with Crippen molar-refractivity contribution in [2.24, 2.45) is 11.8 Å². The first-order valence-electron chi connectivity index (χ1n) is 8.18. The number of carboxylic acid groups (broad SMARTS) is 1. The quantitative estimate of drug-likeness (QED) is 0.876. The number of thiazole rings is 1. The summed E-state index contributed by atoms with van der Waals surface area (Å²) in [6.45, 7) is 2.25. The Balaban J connectivity index is 1.58. The molecule has 0 aromatic carbocycles. The first kappa shape index (κ1) is 13.6. The molecule has 1 aromatic heterocycles. The summed E-state index contributed by atoms with van der Waals surface area (Å²) in [4.78, 5) is 19.9. The van der Waals surface area contributed by atoms with Crippen molar-refractivity contribution < 1.29 is 9.90 Å². The number of hydrogen-bond donors (Lipinski definition) is 1. The van der Waals surface area contributed by atoms with Crippen molar-refractivity contribution in [1.82, 2.24) is 4.98 Å². The fourth-order valence-corrected chi connectivity index (χ4v) is 4.42. The molecule has 4 nitrogen and oxygen atoms in total. The molecule has 1 heterocycles. The molecule has 0 amide bonds. The Bertz CT molecular complexity index is 534. The van der Waals surface area contributed by atoms with E-state index in [0.717, 1.165) is 55.0 Å². The molecule has 4 rings (SSSR count). The molecule has 1 atom stereocenters. The maximum Gasteiger partial charge on any atom is 0.312 e. The molecule has 3 aliphatic rings. The van der Waals surface area contributed by atoms with Gasteiger partial charge in [0.05, 0.1) is 5.69 Å². The summed E-state index contributed by atoms with van der Waals surface area (Å²) in [6.07, 6.45) is 8.15. The molecular weight excluding hydrogens is 284 g/mol. The number of aryl methyl sites for hydroxylation is 1. The lowest BCUT2D eigenvalue weighted by Crippen LogP contribution is -2.28. The van der Waals surface area contributed by atoms with Crippen molar-refractivity contribution in [3.63, 3.8) is 0 Å². The SMILES string of the molecule is O=C(O)C1CCCc2sc(N(CC3CC3)CC3CC3)nc21. The minimum atomic E-state index is -0.705. The smallest absolute Gasteiger partial charge is 0.312 e. The van der Waals surface area contributed by atoms with E-state index >= 15 is 0 Å². The number of carboxylic acids is 1. The van der Waals surface area contributed by atoms with Gasteiger partial charge in [0.15, 0.2) is 5.13 Å². The lowest BCUT2D eigenvalue weighted by atomic mass is 9.91. The number of carbonyl (C=O) groups is 1. The third-order valence-electron chi connectivity index (χ3n) is 4.86. The Kier molecular flexibility index (Phi) is 3.40.